The van der Waals surface area contributed by atoms with E-state index < -0.39 is 0 Å². The number of ether oxygens (including phenoxy) is 1. The summed E-state index contributed by atoms with van der Waals surface area (Å²) in [5.74, 6) is 1.40. The van der Waals surface area contributed by atoms with Gasteiger partial charge in [-0.3, -0.25) is 0 Å². The van der Waals surface area contributed by atoms with Gasteiger partial charge < -0.3 is 10.5 Å². The smallest absolute Gasteiger partial charge is 0.140 e. The number of aryl methyl sites for hydroxylation is 2. The average Bonchev–Trinajstić information content (AvgIpc) is 2.39. The summed E-state index contributed by atoms with van der Waals surface area (Å²) in [6.07, 6.45) is 4.11. The van der Waals surface area contributed by atoms with E-state index in [0.717, 1.165) is 48.3 Å². The molecular formula is C16H27BrN2O. The molecule has 1 heterocycles. The maximum Gasteiger partial charge on any atom is 0.140 e. The molecule has 0 spiro atoms. The van der Waals surface area contributed by atoms with Gasteiger partial charge in [0.15, 0.2) is 0 Å². The highest BCUT2D eigenvalue weighted by molar-refractivity contribution is 9.10. The lowest BCUT2D eigenvalue weighted by atomic mass is 9.98. The quantitative estimate of drug-likeness (QED) is 0.567. The van der Waals surface area contributed by atoms with Crippen LogP contribution in [0.15, 0.2) is 10.7 Å². The molecule has 0 aliphatic heterocycles. The molecule has 0 bridgehead atoms. The number of unbranched alkanes of at least 4 members (excludes halogenated alkanes) is 1. The van der Waals surface area contributed by atoms with E-state index >= 15 is 0 Å². The molecule has 114 valence electrons. The number of halogens is 1. The van der Waals surface area contributed by atoms with E-state index in [-0.39, 0.29) is 6.04 Å². The summed E-state index contributed by atoms with van der Waals surface area (Å²) < 4.78 is 6.72. The van der Waals surface area contributed by atoms with Crippen LogP contribution >= 0.6 is 15.9 Å². The maximum absolute atomic E-state index is 6.11. The van der Waals surface area contributed by atoms with Crippen molar-refractivity contribution >= 4 is 15.9 Å². The molecule has 1 aromatic heterocycles. The first-order chi connectivity index (χ1) is 9.45. The first kappa shape index (κ1) is 17.4. The summed E-state index contributed by atoms with van der Waals surface area (Å²) in [6.45, 7) is 9.22. The van der Waals surface area contributed by atoms with E-state index in [1.54, 1.807) is 0 Å². The Morgan fingerprint density at radius 3 is 2.70 bits per heavy atom. The van der Waals surface area contributed by atoms with E-state index in [1.807, 2.05) is 6.92 Å². The van der Waals surface area contributed by atoms with Gasteiger partial charge in [-0.2, -0.15) is 0 Å². The summed E-state index contributed by atoms with van der Waals surface area (Å²) in [5, 5.41) is 0. The van der Waals surface area contributed by atoms with Crippen molar-refractivity contribution in [2.75, 3.05) is 6.61 Å². The largest absolute Gasteiger partial charge is 0.492 e. The van der Waals surface area contributed by atoms with Crippen molar-refractivity contribution in [3.63, 3.8) is 0 Å². The fourth-order valence-corrected chi connectivity index (χ4v) is 2.48. The Labute approximate surface area is 131 Å². The minimum absolute atomic E-state index is 0.229. The molecule has 4 heteroatoms. The fraction of sp³-hybridized carbons (Fsp3) is 0.688. The van der Waals surface area contributed by atoms with Gasteiger partial charge in [-0.05, 0) is 59.7 Å². The number of pyridine rings is 1. The van der Waals surface area contributed by atoms with Crippen molar-refractivity contribution in [3.05, 3.63) is 21.9 Å². The normalized spacial score (nSPS) is 12.8. The van der Waals surface area contributed by atoms with Gasteiger partial charge in [-0.1, -0.05) is 27.2 Å². The number of aromatic nitrogens is 1. The third-order valence-corrected chi connectivity index (χ3v) is 4.24. The zero-order chi connectivity index (χ0) is 15.1. The zero-order valence-corrected chi connectivity index (χ0v) is 14.7. The molecule has 0 fully saturated rings. The number of hydrogen-bond donors (Lipinski definition) is 1. The lowest BCUT2D eigenvalue weighted by Gasteiger charge is -2.16. The Morgan fingerprint density at radius 1 is 1.40 bits per heavy atom. The topological polar surface area (TPSA) is 48.1 Å². The van der Waals surface area contributed by atoms with Gasteiger partial charge in [0.25, 0.3) is 0 Å². The van der Waals surface area contributed by atoms with Crippen LogP contribution < -0.4 is 10.5 Å². The Bertz CT molecular complexity index is 421. The number of nitrogens with two attached hydrogens (primary N) is 1. The first-order valence-corrected chi connectivity index (χ1v) is 8.29. The minimum atomic E-state index is 0.229. The lowest BCUT2D eigenvalue weighted by Crippen LogP contribution is -2.26. The van der Waals surface area contributed by atoms with Gasteiger partial charge in [-0.25, -0.2) is 4.98 Å². The van der Waals surface area contributed by atoms with Gasteiger partial charge >= 0.3 is 0 Å². The summed E-state index contributed by atoms with van der Waals surface area (Å²) in [5.41, 5.74) is 8.23. The monoisotopic (exact) mass is 342 g/mol. The van der Waals surface area contributed by atoms with Crippen molar-refractivity contribution in [2.45, 2.75) is 59.4 Å². The van der Waals surface area contributed by atoms with Gasteiger partial charge in [0.1, 0.15) is 10.4 Å². The molecule has 0 aromatic carbocycles. The molecule has 0 saturated carbocycles. The fourth-order valence-electron chi connectivity index (χ4n) is 1.90. The molecule has 1 aromatic rings. The highest BCUT2D eigenvalue weighted by Crippen LogP contribution is 2.25. The second-order valence-electron chi connectivity index (χ2n) is 5.67. The Morgan fingerprint density at radius 2 is 2.10 bits per heavy atom. The van der Waals surface area contributed by atoms with Crippen molar-refractivity contribution in [2.24, 2.45) is 11.7 Å². The summed E-state index contributed by atoms with van der Waals surface area (Å²) >= 11 is 3.54. The first-order valence-electron chi connectivity index (χ1n) is 7.50. The molecule has 0 saturated heterocycles. The van der Waals surface area contributed by atoms with Crippen LogP contribution in [-0.4, -0.2) is 17.6 Å². The second kappa shape index (κ2) is 8.63. The van der Waals surface area contributed by atoms with E-state index in [0.29, 0.717) is 5.92 Å². The van der Waals surface area contributed by atoms with Crippen LogP contribution in [0.2, 0.25) is 0 Å². The Balaban J connectivity index is 2.72. The Kier molecular flexibility index (Phi) is 7.52. The van der Waals surface area contributed by atoms with E-state index in [2.05, 4.69) is 47.8 Å². The minimum Gasteiger partial charge on any atom is -0.492 e. The van der Waals surface area contributed by atoms with Gasteiger partial charge in [0, 0.05) is 6.04 Å². The number of rotatable bonds is 8. The highest BCUT2D eigenvalue weighted by atomic mass is 79.9. The van der Waals surface area contributed by atoms with Crippen molar-refractivity contribution in [3.8, 4) is 5.75 Å². The highest BCUT2D eigenvalue weighted by Gasteiger charge is 2.12. The van der Waals surface area contributed by atoms with Gasteiger partial charge in [0.2, 0.25) is 0 Å². The molecular weight excluding hydrogens is 316 g/mol. The van der Waals surface area contributed by atoms with Crippen LogP contribution in [0, 0.1) is 12.8 Å². The third kappa shape index (κ3) is 5.41. The molecule has 0 aliphatic carbocycles. The summed E-state index contributed by atoms with van der Waals surface area (Å²) in [6, 6.07) is 2.34. The number of hydrogen-bond acceptors (Lipinski definition) is 3. The molecule has 20 heavy (non-hydrogen) atoms. The molecule has 1 atom stereocenters. The summed E-state index contributed by atoms with van der Waals surface area (Å²) in [4.78, 5) is 4.53. The summed E-state index contributed by atoms with van der Waals surface area (Å²) in [7, 11) is 0. The van der Waals surface area contributed by atoms with Crippen LogP contribution in [-0.2, 0) is 6.42 Å². The van der Waals surface area contributed by atoms with Gasteiger partial charge in [0.05, 0.1) is 12.3 Å². The Hall–Kier alpha value is -0.610. The van der Waals surface area contributed by atoms with Crippen LogP contribution in [0.3, 0.4) is 0 Å². The van der Waals surface area contributed by atoms with Crippen LogP contribution in [0.5, 0.6) is 5.75 Å². The second-order valence-corrected chi connectivity index (χ2v) is 6.42. The molecule has 0 aliphatic rings. The predicted octanol–water partition coefficient (Wildman–Crippen LogP) is 4.25. The molecule has 3 nitrogen and oxygen atoms in total. The van der Waals surface area contributed by atoms with Gasteiger partial charge in [-0.15, -0.1) is 0 Å². The van der Waals surface area contributed by atoms with Crippen LogP contribution in [0.1, 0.15) is 51.3 Å². The number of nitrogens with zero attached hydrogens (tertiary/aromatic N) is 1. The van der Waals surface area contributed by atoms with Crippen molar-refractivity contribution in [1.82, 2.24) is 4.98 Å². The molecule has 2 N–H and O–H groups in total. The average molecular weight is 343 g/mol. The SMILES string of the molecule is CCCCOc1cc(CC[C@H](N)C(C)C)c(Br)nc1C. The third-order valence-electron chi connectivity index (χ3n) is 3.55. The van der Waals surface area contributed by atoms with Crippen molar-refractivity contribution < 1.29 is 4.74 Å². The molecule has 1 rings (SSSR count). The predicted molar refractivity (Wildman–Crippen MR) is 88.2 cm³/mol. The van der Waals surface area contributed by atoms with E-state index in [9.17, 15) is 0 Å². The van der Waals surface area contributed by atoms with Crippen LogP contribution in [0.25, 0.3) is 0 Å². The van der Waals surface area contributed by atoms with E-state index in [4.69, 9.17) is 10.5 Å². The lowest BCUT2D eigenvalue weighted by molar-refractivity contribution is 0.305. The molecule has 0 unspecified atom stereocenters. The van der Waals surface area contributed by atoms with Crippen LogP contribution in [0.4, 0.5) is 0 Å². The molecule has 0 amide bonds. The van der Waals surface area contributed by atoms with E-state index in [1.165, 1.54) is 5.56 Å². The zero-order valence-electron chi connectivity index (χ0n) is 13.1. The molecule has 0 radical (unpaired) electrons. The maximum atomic E-state index is 6.11. The van der Waals surface area contributed by atoms with Crippen molar-refractivity contribution in [1.29, 1.82) is 0 Å². The standard InChI is InChI=1S/C16H27BrN2O/c1-5-6-9-20-15-10-13(16(17)19-12(15)4)7-8-14(18)11(2)3/h10-11,14H,5-9,18H2,1-4H3/t14-/m0/s1.